The van der Waals surface area contributed by atoms with Crippen LogP contribution in [0.25, 0.3) is 0 Å². The number of aliphatic hydroxyl groups is 2. The fourth-order valence-electron chi connectivity index (χ4n) is 6.80. The second kappa shape index (κ2) is 33.6. The predicted molar refractivity (Wildman–Crippen MR) is 266 cm³/mol. The van der Waals surface area contributed by atoms with Crippen LogP contribution in [0, 0.1) is 23.7 Å². The van der Waals surface area contributed by atoms with Crippen LogP contribution in [0.5, 0.6) is 0 Å². The minimum atomic E-state index is -1.93. The second-order valence-corrected chi connectivity index (χ2v) is 19.2. The SMILES string of the molecule is CC(C)C[C@H](NC(=O)[C@@H](NC(=O)CNC(=O)[C@@H](NC(=O)[C@H](CC(=O)O)NC(=O)[C@@H](NC(=O)[C@H](CCCN=C(N)N)NC(=O)[C@@H](N)CO)[C@@H](C)O)C(C)C)C(C)C)C(=O)N[C@@H](CCC(=O)O)C(=O)N[C@H](C(=O)O)C(C)C. The van der Waals surface area contributed by atoms with Crippen LogP contribution in [-0.4, -0.2) is 183 Å². The summed E-state index contributed by atoms with van der Waals surface area (Å²) in [6, 6.07) is -13.7. The first kappa shape index (κ1) is 67.8. The average Bonchev–Trinajstić information content (AvgIpc) is 3.29. The lowest BCUT2D eigenvalue weighted by Gasteiger charge is -2.28. The number of rotatable bonds is 35. The van der Waals surface area contributed by atoms with Gasteiger partial charge in [0.15, 0.2) is 5.96 Å². The number of guanidine groups is 1. The molecule has 0 fully saturated rings. The normalized spacial score (nSPS) is 15.2. The van der Waals surface area contributed by atoms with Crippen molar-refractivity contribution in [1.29, 1.82) is 0 Å². The third-order valence-corrected chi connectivity index (χ3v) is 11.0. The lowest BCUT2D eigenvalue weighted by atomic mass is 9.99. The molecule has 20 N–H and O–H groups in total. The first-order chi connectivity index (χ1) is 34.7. The highest BCUT2D eigenvalue weighted by Crippen LogP contribution is 2.12. The summed E-state index contributed by atoms with van der Waals surface area (Å²) in [6.45, 7) is 12.1. The Balaban J connectivity index is 6.22. The van der Waals surface area contributed by atoms with Crippen molar-refractivity contribution in [2.75, 3.05) is 19.7 Å². The van der Waals surface area contributed by atoms with Gasteiger partial charge < -0.3 is 90.6 Å². The summed E-state index contributed by atoms with van der Waals surface area (Å²) in [5.74, 6) is -15.9. The van der Waals surface area contributed by atoms with Crippen LogP contribution >= 0.6 is 0 Å². The summed E-state index contributed by atoms with van der Waals surface area (Å²) in [6.07, 6.45) is -3.81. The Morgan fingerprint density at radius 1 is 0.507 bits per heavy atom. The molecule has 10 atom stereocenters. The molecule has 75 heavy (non-hydrogen) atoms. The molecule has 30 heteroatoms. The molecule has 30 nitrogen and oxygen atoms in total. The first-order valence-electron chi connectivity index (χ1n) is 24.2. The Hall–Kier alpha value is -7.21. The summed E-state index contributed by atoms with van der Waals surface area (Å²) < 4.78 is 0. The molecule has 0 heterocycles. The maximum absolute atomic E-state index is 13.7. The molecule has 0 radical (unpaired) electrons. The Kier molecular flexibility index (Phi) is 30.3. The molecule has 0 rings (SSSR count). The van der Waals surface area contributed by atoms with E-state index in [9.17, 15) is 83.1 Å². The molecule has 0 saturated carbocycles. The van der Waals surface area contributed by atoms with Gasteiger partial charge in [0.1, 0.15) is 54.4 Å². The number of hydrogen-bond donors (Lipinski definition) is 17. The maximum atomic E-state index is 13.7. The summed E-state index contributed by atoms with van der Waals surface area (Å²) in [5.41, 5.74) is 16.2. The minimum absolute atomic E-state index is 0.00589. The minimum Gasteiger partial charge on any atom is -0.481 e. The number of amides is 9. The Morgan fingerprint density at radius 3 is 1.41 bits per heavy atom. The standard InChI is InChI=1S/C45H79N13O17/c1-19(2)15-27(39(69)52-26(12-13-30(62)63)38(68)57-34(22(7)8)44(74)75)53-42(72)33(21(5)6)55-29(61)17-50-41(71)32(20(3)4)56-40(70)28(16-31(64)65)54-43(73)35(23(9)60)58-37(67)25(11-10-14-49-45(47)48)51-36(66)24(46)18-59/h19-28,32-35,59-60H,10-18,46H2,1-9H3,(H,50,71)(H,51,66)(H,52,69)(H,53,72)(H,54,73)(H,55,61)(H,56,70)(H,57,68)(H,58,67)(H,62,63)(H,64,65)(H,74,75)(H4,47,48,49)/t23-,24+,25+,26+,27+,28+,32+,33+,34+,35+/m1/s1. The molecule has 426 valence electrons. The monoisotopic (exact) mass is 1070 g/mol. The molecule has 0 bridgehead atoms. The van der Waals surface area contributed by atoms with Crippen molar-refractivity contribution in [2.24, 2.45) is 45.9 Å². The molecule has 9 amide bonds. The van der Waals surface area contributed by atoms with E-state index in [1.54, 1.807) is 27.7 Å². The van der Waals surface area contributed by atoms with Gasteiger partial charge in [0.2, 0.25) is 53.2 Å². The van der Waals surface area contributed by atoms with Crippen LogP contribution in [-0.2, 0) is 57.5 Å². The Labute approximate surface area is 434 Å². The van der Waals surface area contributed by atoms with Gasteiger partial charge in [-0.15, -0.1) is 0 Å². The average molecular weight is 1070 g/mol. The quantitative estimate of drug-likeness (QED) is 0.0160. The summed E-state index contributed by atoms with van der Waals surface area (Å²) in [4.78, 5) is 159. The van der Waals surface area contributed by atoms with Gasteiger partial charge >= 0.3 is 17.9 Å². The Bertz CT molecular complexity index is 2030. The number of nitrogens with two attached hydrogens (primary N) is 3. The molecule has 0 aliphatic rings. The van der Waals surface area contributed by atoms with E-state index in [4.69, 9.17) is 17.2 Å². The van der Waals surface area contributed by atoms with Crippen LogP contribution in [0.15, 0.2) is 4.99 Å². The summed E-state index contributed by atoms with van der Waals surface area (Å²) >= 11 is 0. The Morgan fingerprint density at radius 2 is 0.947 bits per heavy atom. The van der Waals surface area contributed by atoms with Gasteiger partial charge in [0, 0.05) is 13.0 Å². The second-order valence-electron chi connectivity index (χ2n) is 19.2. The van der Waals surface area contributed by atoms with Crippen LogP contribution in [0.3, 0.4) is 0 Å². The number of carboxylic acid groups (broad SMARTS) is 3. The van der Waals surface area contributed by atoms with E-state index >= 15 is 0 Å². The van der Waals surface area contributed by atoms with E-state index in [-0.39, 0.29) is 37.7 Å². The van der Waals surface area contributed by atoms with Gasteiger partial charge in [-0.3, -0.25) is 57.7 Å². The molecular weight excluding hydrogens is 995 g/mol. The molecule has 0 aromatic heterocycles. The number of nitrogens with one attached hydrogen (secondary N) is 9. The number of aliphatic hydroxyl groups excluding tert-OH is 2. The molecule has 0 unspecified atom stereocenters. The fraction of sp³-hybridized carbons (Fsp3) is 0.711. The summed E-state index contributed by atoms with van der Waals surface area (Å²) in [7, 11) is 0. The van der Waals surface area contributed by atoms with Gasteiger partial charge in [0.25, 0.3) is 0 Å². The number of nitrogens with zero attached hydrogens (tertiary/aromatic N) is 1. The molecule has 0 aromatic rings. The van der Waals surface area contributed by atoms with Crippen molar-refractivity contribution < 1.29 is 83.1 Å². The summed E-state index contributed by atoms with van der Waals surface area (Å²) in [5, 5.41) is 69.3. The highest BCUT2D eigenvalue weighted by molar-refractivity contribution is 5.99. The van der Waals surface area contributed by atoms with Crippen molar-refractivity contribution in [3.63, 3.8) is 0 Å². The third-order valence-electron chi connectivity index (χ3n) is 11.0. The van der Waals surface area contributed by atoms with E-state index in [2.05, 4.69) is 52.8 Å². The zero-order chi connectivity index (χ0) is 58.0. The van der Waals surface area contributed by atoms with Crippen molar-refractivity contribution >= 4 is 77.0 Å². The molecule has 0 spiro atoms. The van der Waals surface area contributed by atoms with Crippen molar-refractivity contribution in [3.8, 4) is 0 Å². The maximum Gasteiger partial charge on any atom is 0.326 e. The van der Waals surface area contributed by atoms with Gasteiger partial charge in [-0.1, -0.05) is 55.4 Å². The number of aliphatic carboxylic acids is 3. The van der Waals surface area contributed by atoms with E-state index in [1.165, 1.54) is 27.7 Å². The van der Waals surface area contributed by atoms with Gasteiger partial charge in [-0.2, -0.15) is 0 Å². The van der Waals surface area contributed by atoms with Crippen molar-refractivity contribution in [2.45, 2.75) is 161 Å². The highest BCUT2D eigenvalue weighted by Gasteiger charge is 2.37. The zero-order valence-electron chi connectivity index (χ0n) is 43.8. The topological polar surface area (TPSA) is 505 Å². The van der Waals surface area contributed by atoms with Crippen molar-refractivity contribution in [3.05, 3.63) is 0 Å². The first-order valence-corrected chi connectivity index (χ1v) is 24.2. The zero-order valence-corrected chi connectivity index (χ0v) is 43.8. The van der Waals surface area contributed by atoms with E-state index in [0.717, 1.165) is 6.92 Å². The molecular formula is C45H79N13O17. The molecule has 0 aliphatic heterocycles. The van der Waals surface area contributed by atoms with Crippen LogP contribution in [0.4, 0.5) is 0 Å². The molecule has 0 aromatic carbocycles. The van der Waals surface area contributed by atoms with Crippen LogP contribution in [0.1, 0.15) is 101 Å². The number of carbonyl (C=O) groups is 12. The van der Waals surface area contributed by atoms with E-state index < -0.39 is 182 Å². The number of hydrogen-bond acceptors (Lipinski definition) is 16. The fourth-order valence-corrected chi connectivity index (χ4v) is 6.80. The van der Waals surface area contributed by atoms with E-state index in [1.807, 2.05) is 0 Å². The van der Waals surface area contributed by atoms with Gasteiger partial charge in [0.05, 0.1) is 25.7 Å². The van der Waals surface area contributed by atoms with Crippen LogP contribution in [0.2, 0.25) is 0 Å². The highest BCUT2D eigenvalue weighted by atomic mass is 16.4. The predicted octanol–water partition coefficient (Wildman–Crippen LogP) is -5.83. The third kappa shape index (κ3) is 26.0. The lowest BCUT2D eigenvalue weighted by Crippen LogP contribution is -2.62. The number of aliphatic imine (C=N–C) groups is 1. The van der Waals surface area contributed by atoms with Crippen LogP contribution < -0.4 is 65.1 Å². The largest absolute Gasteiger partial charge is 0.481 e. The van der Waals surface area contributed by atoms with Crippen molar-refractivity contribution in [1.82, 2.24) is 47.9 Å². The molecule has 0 saturated heterocycles. The van der Waals surface area contributed by atoms with Gasteiger partial charge in [-0.25, -0.2) is 4.79 Å². The van der Waals surface area contributed by atoms with Gasteiger partial charge in [-0.05, 0) is 56.3 Å². The number of carbonyl (C=O) groups excluding carboxylic acids is 9. The smallest absolute Gasteiger partial charge is 0.326 e. The number of carboxylic acids is 3. The van der Waals surface area contributed by atoms with E-state index in [0.29, 0.717) is 0 Å². The molecule has 0 aliphatic carbocycles. The lowest BCUT2D eigenvalue weighted by molar-refractivity contribution is -0.144.